The summed E-state index contributed by atoms with van der Waals surface area (Å²) in [5.41, 5.74) is 5.94. The number of carbonyl (C=O) groups excluding carboxylic acids is 2. The number of hydrazine groups is 1. The summed E-state index contributed by atoms with van der Waals surface area (Å²) in [5.74, 6) is -1.22. The molecule has 3 rings (SSSR count). The van der Waals surface area contributed by atoms with Crippen molar-refractivity contribution < 1.29 is 18.0 Å². The maximum absolute atomic E-state index is 12.4. The average Bonchev–Trinajstić information content (AvgIpc) is 3.33. The molecular weight excluding hydrogens is 468 g/mol. The van der Waals surface area contributed by atoms with Crippen LogP contribution < -0.4 is 10.9 Å². The standard InChI is InChI=1S/C18H17ClN4O4S3/c1-11-16(29-18(20-11)12-6-4-3-5-7-12)17(25)22-21-14(24)10-23(2)30(26,27)15-9-8-13(19)28-15/h3-9H,10H2,1-2H3,(H,21,24)(H,22,25). The van der Waals surface area contributed by atoms with Crippen LogP contribution in [0.15, 0.2) is 46.7 Å². The number of benzene rings is 1. The molecule has 0 bridgehead atoms. The first kappa shape index (κ1) is 22.4. The van der Waals surface area contributed by atoms with Crippen LogP contribution in [0.5, 0.6) is 0 Å². The van der Waals surface area contributed by atoms with Crippen LogP contribution in [0.3, 0.4) is 0 Å². The van der Waals surface area contributed by atoms with Crippen molar-refractivity contribution >= 4 is 56.1 Å². The number of hydrogen-bond donors (Lipinski definition) is 2. The van der Waals surface area contributed by atoms with Crippen LogP contribution >= 0.6 is 34.3 Å². The van der Waals surface area contributed by atoms with Crippen molar-refractivity contribution in [1.82, 2.24) is 20.1 Å². The molecule has 0 fully saturated rings. The SMILES string of the molecule is Cc1nc(-c2ccccc2)sc1C(=O)NNC(=O)CN(C)S(=O)(=O)c1ccc(Cl)s1. The van der Waals surface area contributed by atoms with Gasteiger partial charge in [0.1, 0.15) is 14.1 Å². The van der Waals surface area contributed by atoms with Crippen molar-refractivity contribution in [3.8, 4) is 10.6 Å². The van der Waals surface area contributed by atoms with Gasteiger partial charge in [0.05, 0.1) is 16.6 Å². The minimum Gasteiger partial charge on any atom is -0.272 e. The van der Waals surface area contributed by atoms with Gasteiger partial charge < -0.3 is 0 Å². The summed E-state index contributed by atoms with van der Waals surface area (Å²) in [6, 6.07) is 12.3. The molecule has 0 atom stereocenters. The highest BCUT2D eigenvalue weighted by atomic mass is 35.5. The van der Waals surface area contributed by atoms with Gasteiger partial charge in [-0.15, -0.1) is 22.7 Å². The van der Waals surface area contributed by atoms with Crippen molar-refractivity contribution in [3.63, 3.8) is 0 Å². The zero-order valence-corrected chi connectivity index (χ0v) is 19.1. The number of nitrogens with zero attached hydrogens (tertiary/aromatic N) is 2. The van der Waals surface area contributed by atoms with Crippen molar-refractivity contribution in [2.45, 2.75) is 11.1 Å². The molecule has 0 aliphatic heterocycles. The molecule has 2 N–H and O–H groups in total. The van der Waals surface area contributed by atoms with Crippen LogP contribution in [0.1, 0.15) is 15.4 Å². The second-order valence-electron chi connectivity index (χ2n) is 6.12. The second kappa shape index (κ2) is 9.23. The highest BCUT2D eigenvalue weighted by Crippen LogP contribution is 2.28. The first-order valence-electron chi connectivity index (χ1n) is 8.52. The largest absolute Gasteiger partial charge is 0.281 e. The fourth-order valence-corrected chi connectivity index (χ4v) is 6.20. The van der Waals surface area contributed by atoms with Crippen LogP contribution in [0, 0.1) is 6.92 Å². The Labute approximate surface area is 186 Å². The molecule has 3 aromatic rings. The van der Waals surface area contributed by atoms with Crippen LogP contribution in [-0.4, -0.2) is 43.1 Å². The number of halogens is 1. The minimum atomic E-state index is -3.85. The molecule has 2 aromatic heterocycles. The summed E-state index contributed by atoms with van der Waals surface area (Å²) < 4.78 is 26.1. The number of thiazole rings is 1. The Bertz CT molecular complexity index is 1180. The summed E-state index contributed by atoms with van der Waals surface area (Å²) >= 11 is 7.87. The highest BCUT2D eigenvalue weighted by Gasteiger charge is 2.25. The number of carbonyl (C=O) groups is 2. The molecule has 0 aliphatic rings. The Morgan fingerprint density at radius 3 is 2.43 bits per heavy atom. The van der Waals surface area contributed by atoms with Gasteiger partial charge in [0.25, 0.3) is 21.8 Å². The van der Waals surface area contributed by atoms with E-state index < -0.39 is 28.4 Å². The number of sulfonamides is 1. The van der Waals surface area contributed by atoms with Gasteiger partial charge in [-0.1, -0.05) is 41.9 Å². The fourth-order valence-electron chi connectivity index (χ4n) is 2.41. The number of hydrogen-bond acceptors (Lipinski definition) is 7. The summed E-state index contributed by atoms with van der Waals surface area (Å²) in [7, 11) is -2.58. The predicted molar refractivity (Wildman–Crippen MR) is 117 cm³/mol. The molecule has 0 radical (unpaired) electrons. The Kier molecular flexibility index (Phi) is 6.88. The van der Waals surface area contributed by atoms with Crippen LogP contribution in [-0.2, 0) is 14.8 Å². The van der Waals surface area contributed by atoms with Gasteiger partial charge in [0.15, 0.2) is 0 Å². The Hall–Kier alpha value is -2.31. The summed E-state index contributed by atoms with van der Waals surface area (Å²) in [6.07, 6.45) is 0. The van der Waals surface area contributed by atoms with E-state index in [1.54, 1.807) is 6.92 Å². The fraction of sp³-hybridized carbons (Fsp3) is 0.167. The maximum Gasteiger partial charge on any atom is 0.281 e. The molecule has 0 saturated carbocycles. The molecule has 0 unspecified atom stereocenters. The molecule has 12 heteroatoms. The first-order chi connectivity index (χ1) is 14.2. The molecule has 30 heavy (non-hydrogen) atoms. The zero-order valence-electron chi connectivity index (χ0n) is 15.9. The van der Waals surface area contributed by atoms with E-state index in [1.165, 1.54) is 30.5 Å². The third-order valence-electron chi connectivity index (χ3n) is 3.92. The average molecular weight is 485 g/mol. The number of aryl methyl sites for hydroxylation is 1. The number of amides is 2. The first-order valence-corrected chi connectivity index (χ1v) is 12.0. The topological polar surface area (TPSA) is 108 Å². The summed E-state index contributed by atoms with van der Waals surface area (Å²) in [4.78, 5) is 29.3. The lowest BCUT2D eigenvalue weighted by molar-refractivity contribution is -0.121. The Morgan fingerprint density at radius 2 is 1.80 bits per heavy atom. The highest BCUT2D eigenvalue weighted by molar-refractivity contribution is 7.91. The third kappa shape index (κ3) is 5.05. The van der Waals surface area contributed by atoms with E-state index in [2.05, 4.69) is 15.8 Å². The molecule has 8 nitrogen and oxygen atoms in total. The molecule has 0 saturated heterocycles. The van der Waals surface area contributed by atoms with Gasteiger partial charge in [0, 0.05) is 12.6 Å². The van der Waals surface area contributed by atoms with E-state index in [4.69, 9.17) is 11.6 Å². The Balaban J connectivity index is 1.60. The number of nitrogens with one attached hydrogen (secondary N) is 2. The van der Waals surface area contributed by atoms with Gasteiger partial charge in [-0.25, -0.2) is 13.4 Å². The molecule has 2 heterocycles. The number of aromatic nitrogens is 1. The van der Waals surface area contributed by atoms with Crippen LogP contribution in [0.25, 0.3) is 10.6 Å². The Morgan fingerprint density at radius 1 is 1.10 bits per heavy atom. The van der Waals surface area contributed by atoms with E-state index in [1.807, 2.05) is 30.3 Å². The van der Waals surface area contributed by atoms with Crippen molar-refractivity contribution in [1.29, 1.82) is 0 Å². The van der Waals surface area contributed by atoms with Crippen LogP contribution in [0.4, 0.5) is 0 Å². The van der Waals surface area contributed by atoms with Gasteiger partial charge in [-0.05, 0) is 19.1 Å². The second-order valence-corrected chi connectivity index (χ2v) is 11.1. The minimum absolute atomic E-state index is 0.0283. The van der Waals surface area contributed by atoms with E-state index in [9.17, 15) is 18.0 Å². The summed E-state index contributed by atoms with van der Waals surface area (Å²) in [6.45, 7) is 1.22. The smallest absolute Gasteiger partial charge is 0.272 e. The lowest BCUT2D eigenvalue weighted by atomic mass is 10.2. The van der Waals surface area contributed by atoms with E-state index in [-0.39, 0.29) is 4.21 Å². The van der Waals surface area contributed by atoms with Crippen LogP contribution in [0.2, 0.25) is 4.34 Å². The predicted octanol–water partition coefficient (Wildman–Crippen LogP) is 2.92. The van der Waals surface area contributed by atoms with Gasteiger partial charge in [-0.2, -0.15) is 4.31 Å². The molecule has 1 aromatic carbocycles. The molecule has 0 spiro atoms. The quantitative estimate of drug-likeness (QED) is 0.523. The molecular formula is C18H17ClN4O4S3. The third-order valence-corrected chi connectivity index (χ3v) is 8.63. The number of thiophene rings is 1. The number of likely N-dealkylation sites (N-methyl/N-ethyl adjacent to an activating group) is 1. The molecule has 158 valence electrons. The lowest BCUT2D eigenvalue weighted by Crippen LogP contribution is -2.46. The van der Waals surface area contributed by atoms with E-state index in [0.29, 0.717) is 19.9 Å². The van der Waals surface area contributed by atoms with Gasteiger partial charge >= 0.3 is 0 Å². The van der Waals surface area contributed by atoms with Crippen molar-refractivity contribution in [2.75, 3.05) is 13.6 Å². The summed E-state index contributed by atoms with van der Waals surface area (Å²) in [5, 5.41) is 0.685. The monoisotopic (exact) mass is 484 g/mol. The van der Waals surface area contributed by atoms with E-state index in [0.717, 1.165) is 21.2 Å². The van der Waals surface area contributed by atoms with Gasteiger partial charge in [-0.3, -0.25) is 20.4 Å². The molecule has 0 aliphatic carbocycles. The van der Waals surface area contributed by atoms with Crippen molar-refractivity contribution in [3.05, 3.63) is 57.4 Å². The lowest BCUT2D eigenvalue weighted by Gasteiger charge is -2.15. The van der Waals surface area contributed by atoms with Gasteiger partial charge in [0.2, 0.25) is 0 Å². The number of rotatable bonds is 6. The zero-order chi connectivity index (χ0) is 21.9. The van der Waals surface area contributed by atoms with E-state index >= 15 is 0 Å². The normalized spacial score (nSPS) is 11.5. The molecule has 2 amide bonds. The maximum atomic E-state index is 12.4. The van der Waals surface area contributed by atoms with Crippen molar-refractivity contribution in [2.24, 2.45) is 0 Å².